The fourth-order valence-electron chi connectivity index (χ4n) is 3.40. The van der Waals surface area contributed by atoms with Crippen molar-refractivity contribution < 1.29 is 14.6 Å². The number of hydrogen-bond donors (Lipinski definition) is 1. The van der Waals surface area contributed by atoms with Gasteiger partial charge in [0.15, 0.2) is 0 Å². The smallest absolute Gasteiger partial charge is 0.122 e. The zero-order chi connectivity index (χ0) is 15.4. The van der Waals surface area contributed by atoms with Crippen molar-refractivity contribution in [1.82, 2.24) is 0 Å². The van der Waals surface area contributed by atoms with Crippen LogP contribution in [0.5, 0.6) is 11.5 Å². The molecular weight excluding hydrogens is 264 g/mol. The van der Waals surface area contributed by atoms with Crippen LogP contribution in [0.15, 0.2) is 18.2 Å². The number of aliphatic hydroxyl groups is 1. The normalized spacial score (nSPS) is 23.9. The molecule has 1 atom stereocenters. The lowest BCUT2D eigenvalue weighted by Crippen LogP contribution is -2.23. The third-order valence-corrected chi connectivity index (χ3v) is 4.92. The van der Waals surface area contributed by atoms with E-state index in [4.69, 9.17) is 9.47 Å². The number of benzene rings is 1. The summed E-state index contributed by atoms with van der Waals surface area (Å²) < 4.78 is 10.6. The first-order valence-electron chi connectivity index (χ1n) is 7.96. The lowest BCUT2D eigenvalue weighted by molar-refractivity contribution is 0.0665. The van der Waals surface area contributed by atoms with Crippen LogP contribution in [0.3, 0.4) is 0 Å². The maximum absolute atomic E-state index is 10.7. The molecule has 1 aliphatic rings. The van der Waals surface area contributed by atoms with Crippen LogP contribution in [0, 0.1) is 17.8 Å². The van der Waals surface area contributed by atoms with Crippen LogP contribution in [0.4, 0.5) is 0 Å². The summed E-state index contributed by atoms with van der Waals surface area (Å²) >= 11 is 0. The van der Waals surface area contributed by atoms with Crippen LogP contribution in [0.2, 0.25) is 0 Å². The fourth-order valence-corrected chi connectivity index (χ4v) is 3.40. The monoisotopic (exact) mass is 292 g/mol. The molecule has 1 saturated carbocycles. The second-order valence-electron chi connectivity index (χ2n) is 6.51. The Bertz CT molecular complexity index is 426. The molecule has 2 rings (SSSR count). The first-order chi connectivity index (χ1) is 10.0. The van der Waals surface area contributed by atoms with Gasteiger partial charge in [-0.2, -0.15) is 0 Å². The number of methoxy groups -OCH3 is 2. The van der Waals surface area contributed by atoms with E-state index in [0.29, 0.717) is 5.92 Å². The summed E-state index contributed by atoms with van der Waals surface area (Å²) in [5, 5.41) is 10.7. The van der Waals surface area contributed by atoms with Gasteiger partial charge in [-0.1, -0.05) is 13.8 Å². The molecule has 0 amide bonds. The van der Waals surface area contributed by atoms with E-state index >= 15 is 0 Å². The highest BCUT2D eigenvalue weighted by molar-refractivity contribution is 5.39. The van der Waals surface area contributed by atoms with Crippen LogP contribution >= 0.6 is 0 Å². The molecule has 3 nitrogen and oxygen atoms in total. The predicted molar refractivity (Wildman–Crippen MR) is 84.8 cm³/mol. The molecule has 21 heavy (non-hydrogen) atoms. The van der Waals surface area contributed by atoms with Gasteiger partial charge in [0.1, 0.15) is 11.5 Å². The number of ether oxygens (including phenoxy) is 2. The molecule has 0 aliphatic heterocycles. The van der Waals surface area contributed by atoms with Crippen molar-refractivity contribution in [3.63, 3.8) is 0 Å². The van der Waals surface area contributed by atoms with Gasteiger partial charge in [-0.05, 0) is 61.1 Å². The topological polar surface area (TPSA) is 38.7 Å². The molecule has 0 spiro atoms. The zero-order valence-corrected chi connectivity index (χ0v) is 13.6. The third-order valence-electron chi connectivity index (χ3n) is 4.92. The molecular formula is C18H28O3. The standard InChI is InChI=1S/C18H28O3/c1-12(2)13-5-7-14(8-6-13)18(19)15-9-16(20-3)11-17(10-15)21-4/h9-14,18-19H,5-8H2,1-4H3. The summed E-state index contributed by atoms with van der Waals surface area (Å²) in [5.74, 6) is 3.38. The van der Waals surface area contributed by atoms with Crippen molar-refractivity contribution in [3.05, 3.63) is 23.8 Å². The Morgan fingerprint density at radius 2 is 1.38 bits per heavy atom. The maximum Gasteiger partial charge on any atom is 0.122 e. The second-order valence-corrected chi connectivity index (χ2v) is 6.51. The van der Waals surface area contributed by atoms with Crippen LogP contribution in [-0.4, -0.2) is 19.3 Å². The van der Waals surface area contributed by atoms with Crippen LogP contribution in [0.1, 0.15) is 51.2 Å². The lowest BCUT2D eigenvalue weighted by atomic mass is 9.74. The minimum absolute atomic E-state index is 0.344. The minimum atomic E-state index is -0.429. The van der Waals surface area contributed by atoms with Crippen LogP contribution in [0.25, 0.3) is 0 Å². The Labute approximate surface area is 128 Å². The summed E-state index contributed by atoms with van der Waals surface area (Å²) in [6.45, 7) is 4.60. The summed E-state index contributed by atoms with van der Waals surface area (Å²) in [5.41, 5.74) is 0.902. The Balaban J connectivity index is 2.08. The van der Waals surface area contributed by atoms with E-state index in [1.165, 1.54) is 12.8 Å². The van der Waals surface area contributed by atoms with E-state index in [-0.39, 0.29) is 0 Å². The van der Waals surface area contributed by atoms with Crippen LogP contribution < -0.4 is 9.47 Å². The highest BCUT2D eigenvalue weighted by Crippen LogP contribution is 2.40. The van der Waals surface area contributed by atoms with Crippen LogP contribution in [-0.2, 0) is 0 Å². The van der Waals surface area contributed by atoms with Crippen molar-refractivity contribution in [3.8, 4) is 11.5 Å². The predicted octanol–water partition coefficient (Wildman–Crippen LogP) is 4.20. The van der Waals surface area contributed by atoms with Gasteiger partial charge in [-0.15, -0.1) is 0 Å². The average Bonchev–Trinajstić information content (AvgIpc) is 2.53. The maximum atomic E-state index is 10.7. The molecule has 1 aromatic rings. The van der Waals surface area contributed by atoms with E-state index in [2.05, 4.69) is 13.8 Å². The quantitative estimate of drug-likeness (QED) is 0.884. The highest BCUT2D eigenvalue weighted by Gasteiger charge is 2.29. The molecule has 0 bridgehead atoms. The molecule has 1 aromatic carbocycles. The van der Waals surface area contributed by atoms with E-state index in [1.54, 1.807) is 14.2 Å². The second kappa shape index (κ2) is 7.17. The van der Waals surface area contributed by atoms with Gasteiger partial charge in [-0.25, -0.2) is 0 Å². The van der Waals surface area contributed by atoms with Gasteiger partial charge in [0, 0.05) is 6.07 Å². The molecule has 0 heterocycles. The van der Waals surface area contributed by atoms with Gasteiger partial charge >= 0.3 is 0 Å². The van der Waals surface area contributed by atoms with Gasteiger partial charge < -0.3 is 14.6 Å². The largest absolute Gasteiger partial charge is 0.497 e. The molecule has 0 saturated heterocycles. The van der Waals surface area contributed by atoms with E-state index < -0.39 is 6.10 Å². The molecule has 1 aliphatic carbocycles. The lowest BCUT2D eigenvalue weighted by Gasteiger charge is -2.33. The van der Waals surface area contributed by atoms with Crippen molar-refractivity contribution in [2.24, 2.45) is 17.8 Å². The van der Waals surface area contributed by atoms with Gasteiger partial charge in [0.2, 0.25) is 0 Å². The molecule has 0 radical (unpaired) electrons. The molecule has 118 valence electrons. The first-order valence-corrected chi connectivity index (χ1v) is 7.96. The van der Waals surface area contributed by atoms with E-state index in [1.807, 2.05) is 18.2 Å². The van der Waals surface area contributed by atoms with Gasteiger partial charge in [0.25, 0.3) is 0 Å². The fraction of sp³-hybridized carbons (Fsp3) is 0.667. The third kappa shape index (κ3) is 3.91. The minimum Gasteiger partial charge on any atom is -0.497 e. The van der Waals surface area contributed by atoms with Crippen molar-refractivity contribution in [2.75, 3.05) is 14.2 Å². The van der Waals surface area contributed by atoms with E-state index in [9.17, 15) is 5.11 Å². The molecule has 1 N–H and O–H groups in total. The molecule has 0 aromatic heterocycles. The van der Waals surface area contributed by atoms with Crippen molar-refractivity contribution in [1.29, 1.82) is 0 Å². The molecule has 1 unspecified atom stereocenters. The van der Waals surface area contributed by atoms with E-state index in [0.717, 1.165) is 41.7 Å². The Morgan fingerprint density at radius 1 is 0.905 bits per heavy atom. The van der Waals surface area contributed by atoms with Crippen molar-refractivity contribution >= 4 is 0 Å². The summed E-state index contributed by atoms with van der Waals surface area (Å²) in [6.07, 6.45) is 4.22. The summed E-state index contributed by atoms with van der Waals surface area (Å²) in [6, 6.07) is 5.68. The van der Waals surface area contributed by atoms with Crippen molar-refractivity contribution in [2.45, 2.75) is 45.6 Å². The Hall–Kier alpha value is -1.22. The summed E-state index contributed by atoms with van der Waals surface area (Å²) in [4.78, 5) is 0. The number of rotatable bonds is 5. The molecule has 1 fully saturated rings. The first kappa shape index (κ1) is 16.2. The SMILES string of the molecule is COc1cc(OC)cc(C(O)C2CCC(C(C)C)CC2)c1. The average molecular weight is 292 g/mol. The Morgan fingerprint density at radius 3 is 1.81 bits per heavy atom. The Kier molecular flexibility index (Phi) is 5.51. The number of aliphatic hydroxyl groups excluding tert-OH is 1. The summed E-state index contributed by atoms with van der Waals surface area (Å²) in [7, 11) is 3.28. The number of hydrogen-bond acceptors (Lipinski definition) is 3. The zero-order valence-electron chi connectivity index (χ0n) is 13.6. The highest BCUT2D eigenvalue weighted by atomic mass is 16.5. The van der Waals surface area contributed by atoms with Gasteiger partial charge in [0.05, 0.1) is 20.3 Å². The van der Waals surface area contributed by atoms with Gasteiger partial charge in [-0.3, -0.25) is 0 Å². The molecule has 3 heteroatoms.